The molecule has 0 spiro atoms. The molecule has 2 heterocycles. The van der Waals surface area contributed by atoms with Crippen LogP contribution in [0.3, 0.4) is 0 Å². The number of thioether (sulfide) groups is 1. The molecule has 2 aromatic rings. The van der Waals surface area contributed by atoms with Gasteiger partial charge in [0.1, 0.15) is 12.7 Å². The Morgan fingerprint density at radius 1 is 1.36 bits per heavy atom. The number of hydrogen-bond donors (Lipinski definition) is 2. The van der Waals surface area contributed by atoms with Crippen LogP contribution in [0.15, 0.2) is 28.6 Å². The van der Waals surface area contributed by atoms with E-state index in [-0.39, 0.29) is 12.0 Å². The predicted octanol–water partition coefficient (Wildman–Crippen LogP) is 2.41. The van der Waals surface area contributed by atoms with E-state index in [2.05, 4.69) is 20.8 Å². The molecular weight excluding hydrogens is 360 g/mol. The summed E-state index contributed by atoms with van der Waals surface area (Å²) in [6.07, 6.45) is -0.188. The lowest BCUT2D eigenvalue weighted by Gasteiger charge is -2.26. The zero-order valence-electron chi connectivity index (χ0n) is 14.0. The highest BCUT2D eigenvalue weighted by molar-refractivity contribution is 8.01. The van der Waals surface area contributed by atoms with Crippen LogP contribution in [-0.4, -0.2) is 47.2 Å². The number of rotatable bonds is 7. The van der Waals surface area contributed by atoms with Crippen molar-refractivity contribution in [3.63, 3.8) is 0 Å². The Labute approximate surface area is 154 Å². The number of nitrogens with one attached hydrogen (secondary N) is 2. The number of carbonyl (C=O) groups excluding carboxylic acids is 1. The lowest BCUT2D eigenvalue weighted by atomic mass is 10.2. The normalized spacial score (nSPS) is 15.9. The van der Waals surface area contributed by atoms with Crippen LogP contribution in [0.1, 0.15) is 13.8 Å². The highest BCUT2D eigenvalue weighted by atomic mass is 32.2. The van der Waals surface area contributed by atoms with Gasteiger partial charge < -0.3 is 20.1 Å². The standard InChI is InChI=1S/C16H20N4O3S2/c1-10(2)18-15-19-20-16(25-15)24-9-14(21)17-7-11-8-22-12-5-3-4-6-13(12)23-11/h3-6,10-11H,7-9H2,1-2H3,(H,17,21)(H,18,19). The summed E-state index contributed by atoms with van der Waals surface area (Å²) in [5.74, 6) is 1.67. The Balaban J connectivity index is 1.39. The van der Waals surface area contributed by atoms with Gasteiger partial charge in [-0.05, 0) is 26.0 Å². The summed E-state index contributed by atoms with van der Waals surface area (Å²) in [5, 5.41) is 14.9. The van der Waals surface area contributed by atoms with Gasteiger partial charge in [-0.3, -0.25) is 4.79 Å². The van der Waals surface area contributed by atoms with E-state index in [1.807, 2.05) is 38.1 Å². The molecule has 0 aliphatic carbocycles. The van der Waals surface area contributed by atoms with Gasteiger partial charge >= 0.3 is 0 Å². The summed E-state index contributed by atoms with van der Waals surface area (Å²) in [5.41, 5.74) is 0. The van der Waals surface area contributed by atoms with Crippen molar-refractivity contribution in [3.8, 4) is 11.5 Å². The predicted molar refractivity (Wildman–Crippen MR) is 98.8 cm³/mol. The summed E-state index contributed by atoms with van der Waals surface area (Å²) in [4.78, 5) is 12.0. The van der Waals surface area contributed by atoms with Gasteiger partial charge in [-0.25, -0.2) is 0 Å². The van der Waals surface area contributed by atoms with E-state index >= 15 is 0 Å². The van der Waals surface area contributed by atoms with E-state index in [0.717, 1.165) is 15.2 Å². The van der Waals surface area contributed by atoms with Crippen LogP contribution in [0, 0.1) is 0 Å². The van der Waals surface area contributed by atoms with Gasteiger partial charge in [-0.15, -0.1) is 10.2 Å². The van der Waals surface area contributed by atoms with Crippen molar-refractivity contribution < 1.29 is 14.3 Å². The largest absolute Gasteiger partial charge is 0.486 e. The second kappa shape index (κ2) is 8.39. The van der Waals surface area contributed by atoms with Crippen LogP contribution in [0.4, 0.5) is 5.13 Å². The van der Waals surface area contributed by atoms with Gasteiger partial charge in [0, 0.05) is 6.04 Å². The van der Waals surface area contributed by atoms with Crippen LogP contribution >= 0.6 is 23.1 Å². The quantitative estimate of drug-likeness (QED) is 0.714. The van der Waals surface area contributed by atoms with Crippen LogP contribution in [0.2, 0.25) is 0 Å². The number of ether oxygens (including phenoxy) is 2. The van der Waals surface area contributed by atoms with Crippen molar-refractivity contribution in [1.29, 1.82) is 0 Å². The highest BCUT2D eigenvalue weighted by Gasteiger charge is 2.21. The first-order chi connectivity index (χ1) is 12.1. The van der Waals surface area contributed by atoms with Gasteiger partial charge in [0.2, 0.25) is 11.0 Å². The number of carbonyl (C=O) groups is 1. The first-order valence-electron chi connectivity index (χ1n) is 7.98. The minimum Gasteiger partial charge on any atom is -0.486 e. The van der Waals surface area contributed by atoms with Gasteiger partial charge in [0.05, 0.1) is 12.3 Å². The molecule has 3 rings (SSSR count). The maximum Gasteiger partial charge on any atom is 0.230 e. The monoisotopic (exact) mass is 380 g/mol. The number of nitrogens with zero attached hydrogens (tertiary/aromatic N) is 2. The maximum atomic E-state index is 12.0. The number of fused-ring (bicyclic) bond motifs is 1. The Kier molecular flexibility index (Phi) is 5.98. The van der Waals surface area contributed by atoms with Crippen molar-refractivity contribution in [2.75, 3.05) is 24.2 Å². The zero-order chi connectivity index (χ0) is 17.6. The molecule has 0 radical (unpaired) electrons. The smallest absolute Gasteiger partial charge is 0.230 e. The number of aromatic nitrogens is 2. The molecule has 9 heteroatoms. The molecule has 1 aliphatic heterocycles. The summed E-state index contributed by atoms with van der Waals surface area (Å²) in [7, 11) is 0. The van der Waals surface area contributed by atoms with E-state index in [4.69, 9.17) is 9.47 Å². The highest BCUT2D eigenvalue weighted by Crippen LogP contribution is 2.30. The minimum atomic E-state index is -0.188. The molecule has 2 N–H and O–H groups in total. The third-order valence-corrected chi connectivity index (χ3v) is 5.23. The molecular formula is C16H20N4O3S2. The second-order valence-electron chi connectivity index (χ2n) is 5.76. The van der Waals surface area contributed by atoms with E-state index in [1.54, 1.807) is 0 Å². The number of amides is 1. The fourth-order valence-electron chi connectivity index (χ4n) is 2.14. The minimum absolute atomic E-state index is 0.0685. The fourth-order valence-corrected chi connectivity index (χ4v) is 3.87. The first kappa shape index (κ1) is 17.8. The number of anilines is 1. The Morgan fingerprint density at radius 2 is 2.16 bits per heavy atom. The van der Waals surface area contributed by atoms with Gasteiger partial charge in [0.25, 0.3) is 0 Å². The molecule has 0 bridgehead atoms. The number of benzene rings is 1. The number of para-hydroxylation sites is 2. The van der Waals surface area contributed by atoms with E-state index in [9.17, 15) is 4.79 Å². The Hall–Kier alpha value is -2.00. The molecule has 1 aromatic heterocycles. The summed E-state index contributed by atoms with van der Waals surface area (Å²) in [6.45, 7) is 4.91. The molecule has 0 fully saturated rings. The molecule has 0 saturated heterocycles. The molecule has 1 amide bonds. The summed E-state index contributed by atoms with van der Waals surface area (Å²) >= 11 is 2.82. The second-order valence-corrected chi connectivity index (χ2v) is 7.96. The molecule has 7 nitrogen and oxygen atoms in total. The number of hydrogen-bond acceptors (Lipinski definition) is 8. The summed E-state index contributed by atoms with van der Waals surface area (Å²) < 4.78 is 12.2. The molecule has 1 aliphatic rings. The topological polar surface area (TPSA) is 85.4 Å². The zero-order valence-corrected chi connectivity index (χ0v) is 15.7. The van der Waals surface area contributed by atoms with Crippen molar-refractivity contribution in [2.45, 2.75) is 30.3 Å². The van der Waals surface area contributed by atoms with E-state index in [0.29, 0.717) is 30.7 Å². The van der Waals surface area contributed by atoms with Crippen molar-refractivity contribution in [2.24, 2.45) is 0 Å². The van der Waals surface area contributed by atoms with E-state index in [1.165, 1.54) is 23.1 Å². The molecule has 1 unspecified atom stereocenters. The van der Waals surface area contributed by atoms with Crippen LogP contribution < -0.4 is 20.1 Å². The lowest BCUT2D eigenvalue weighted by Crippen LogP contribution is -2.41. The van der Waals surface area contributed by atoms with Crippen molar-refractivity contribution >= 4 is 34.1 Å². The van der Waals surface area contributed by atoms with Gasteiger partial charge in [-0.1, -0.05) is 35.2 Å². The third kappa shape index (κ3) is 5.23. The molecule has 1 atom stereocenters. The molecule has 0 saturated carbocycles. The Morgan fingerprint density at radius 3 is 2.96 bits per heavy atom. The lowest BCUT2D eigenvalue weighted by molar-refractivity contribution is -0.119. The Bertz CT molecular complexity index is 723. The summed E-state index contributed by atoms with van der Waals surface area (Å²) in [6, 6.07) is 7.82. The molecule has 134 valence electrons. The van der Waals surface area contributed by atoms with Crippen LogP contribution in [0.5, 0.6) is 11.5 Å². The van der Waals surface area contributed by atoms with Gasteiger partial charge in [-0.2, -0.15) is 0 Å². The first-order valence-corrected chi connectivity index (χ1v) is 9.78. The van der Waals surface area contributed by atoms with E-state index < -0.39 is 0 Å². The third-order valence-electron chi connectivity index (χ3n) is 3.24. The van der Waals surface area contributed by atoms with Crippen LogP contribution in [-0.2, 0) is 4.79 Å². The maximum absolute atomic E-state index is 12.0. The molecule has 1 aromatic carbocycles. The average Bonchev–Trinajstić information content (AvgIpc) is 3.04. The van der Waals surface area contributed by atoms with Crippen molar-refractivity contribution in [3.05, 3.63) is 24.3 Å². The van der Waals surface area contributed by atoms with Gasteiger partial charge in [0.15, 0.2) is 15.8 Å². The van der Waals surface area contributed by atoms with Crippen LogP contribution in [0.25, 0.3) is 0 Å². The average molecular weight is 380 g/mol. The SMILES string of the molecule is CC(C)Nc1nnc(SCC(=O)NCC2COc3ccccc3O2)s1. The fraction of sp³-hybridized carbons (Fsp3) is 0.438. The van der Waals surface area contributed by atoms with Crippen molar-refractivity contribution in [1.82, 2.24) is 15.5 Å². The molecule has 25 heavy (non-hydrogen) atoms.